The van der Waals surface area contributed by atoms with Crippen molar-refractivity contribution in [3.8, 4) is 0 Å². The van der Waals surface area contributed by atoms with Crippen LogP contribution in [-0.2, 0) is 18.4 Å². The lowest BCUT2D eigenvalue weighted by atomic mass is 9.79. The minimum Gasteiger partial charge on any atom is -0.340 e. The third-order valence-corrected chi connectivity index (χ3v) is 9.78. The van der Waals surface area contributed by atoms with Gasteiger partial charge in [-0.25, -0.2) is 0 Å². The Kier molecular flexibility index (Phi) is 8.56. The monoisotopic (exact) mass is 520 g/mol. The largest absolute Gasteiger partial charge is 0.340 e. The van der Waals surface area contributed by atoms with Crippen LogP contribution in [0.3, 0.4) is 0 Å². The molecule has 5 rings (SSSR count). The predicted molar refractivity (Wildman–Crippen MR) is 153 cm³/mol. The van der Waals surface area contributed by atoms with Crippen LogP contribution >= 0.6 is 0 Å². The maximum absolute atomic E-state index is 13.9. The van der Waals surface area contributed by atoms with Crippen LogP contribution in [-0.4, -0.2) is 87.8 Å². The van der Waals surface area contributed by atoms with Crippen LogP contribution < -0.4 is 5.32 Å². The summed E-state index contributed by atoms with van der Waals surface area (Å²) < 4.78 is 1.96. The van der Waals surface area contributed by atoms with Crippen molar-refractivity contribution in [2.75, 3.05) is 45.8 Å². The summed E-state index contributed by atoms with van der Waals surface area (Å²) in [5, 5.41) is 8.21. The molecular formula is C31H48N6O. The molecule has 1 N–H and O–H groups in total. The van der Waals surface area contributed by atoms with Crippen LogP contribution in [0.4, 0.5) is 0 Å². The molecule has 2 aliphatic heterocycles. The molecule has 1 saturated carbocycles. The third kappa shape index (κ3) is 5.70. The summed E-state index contributed by atoms with van der Waals surface area (Å²) in [6.45, 7) is 14.0. The number of nitrogens with zero attached hydrogens (tertiary/aromatic N) is 5. The first-order valence-electron chi connectivity index (χ1n) is 14.9. The number of aryl methyl sites for hydroxylation is 1. The van der Waals surface area contributed by atoms with Crippen LogP contribution in [0.25, 0.3) is 0 Å². The Hall–Kier alpha value is -2.22. The van der Waals surface area contributed by atoms with E-state index < -0.39 is 0 Å². The van der Waals surface area contributed by atoms with Gasteiger partial charge in [0, 0.05) is 88.2 Å². The molecule has 2 aromatic rings. The van der Waals surface area contributed by atoms with Gasteiger partial charge in [-0.3, -0.25) is 19.3 Å². The van der Waals surface area contributed by atoms with Gasteiger partial charge in [0.25, 0.3) is 0 Å². The molecule has 1 amide bonds. The Balaban J connectivity index is 1.22. The average Bonchev–Trinajstić information content (AvgIpc) is 3.54. The highest BCUT2D eigenvalue weighted by Crippen LogP contribution is 2.37. The first-order valence-corrected chi connectivity index (χ1v) is 14.9. The molecule has 3 aliphatic rings. The summed E-state index contributed by atoms with van der Waals surface area (Å²) in [4.78, 5) is 21.3. The minimum absolute atomic E-state index is 0.0550. The summed E-state index contributed by atoms with van der Waals surface area (Å²) in [5.74, 6) is 0.706. The molecule has 3 fully saturated rings. The molecule has 3 heterocycles. The highest BCUT2D eigenvalue weighted by Gasteiger charge is 2.43. The molecule has 7 nitrogen and oxygen atoms in total. The number of hydrogen-bond acceptors (Lipinski definition) is 5. The summed E-state index contributed by atoms with van der Waals surface area (Å²) in [5.41, 5.74) is 4.04. The second-order valence-corrected chi connectivity index (χ2v) is 12.3. The first-order chi connectivity index (χ1) is 18.4. The number of hydrogen-bond donors (Lipinski definition) is 1. The van der Waals surface area contributed by atoms with Gasteiger partial charge in [0.1, 0.15) is 0 Å². The number of aromatic nitrogens is 2. The van der Waals surface area contributed by atoms with Gasteiger partial charge in [0.05, 0.1) is 12.1 Å². The molecule has 0 unspecified atom stereocenters. The summed E-state index contributed by atoms with van der Waals surface area (Å²) in [6, 6.07) is 11.2. The van der Waals surface area contributed by atoms with Crippen molar-refractivity contribution in [3.63, 3.8) is 0 Å². The number of piperazine rings is 1. The van der Waals surface area contributed by atoms with Crippen molar-refractivity contribution in [3.05, 3.63) is 53.3 Å². The topological polar surface area (TPSA) is 56.6 Å². The Bertz CT molecular complexity index is 1050. The molecule has 38 heavy (non-hydrogen) atoms. The number of likely N-dealkylation sites (tertiary alicyclic amines) is 1. The van der Waals surface area contributed by atoms with Crippen molar-refractivity contribution in [2.45, 2.75) is 76.9 Å². The van der Waals surface area contributed by atoms with Gasteiger partial charge in [0.2, 0.25) is 5.91 Å². The molecule has 0 spiro atoms. The molecular weight excluding hydrogens is 472 g/mol. The summed E-state index contributed by atoms with van der Waals surface area (Å²) in [7, 11) is 2.01. The van der Waals surface area contributed by atoms with Crippen molar-refractivity contribution < 1.29 is 4.79 Å². The third-order valence-electron chi connectivity index (χ3n) is 9.78. The Labute approximate surface area is 229 Å². The fourth-order valence-corrected chi connectivity index (χ4v) is 7.14. The van der Waals surface area contributed by atoms with Gasteiger partial charge in [-0.2, -0.15) is 5.10 Å². The quantitative estimate of drug-likeness (QED) is 0.574. The molecule has 7 heteroatoms. The van der Waals surface area contributed by atoms with Gasteiger partial charge in [-0.05, 0) is 39.2 Å². The maximum atomic E-state index is 13.9. The summed E-state index contributed by atoms with van der Waals surface area (Å²) >= 11 is 0. The van der Waals surface area contributed by atoms with Crippen LogP contribution in [0.1, 0.15) is 68.7 Å². The van der Waals surface area contributed by atoms with E-state index in [1.54, 1.807) is 0 Å². The van der Waals surface area contributed by atoms with Crippen LogP contribution in [0.15, 0.2) is 36.5 Å². The summed E-state index contributed by atoms with van der Waals surface area (Å²) in [6.07, 6.45) is 8.45. The smallest absolute Gasteiger partial charge is 0.227 e. The highest BCUT2D eigenvalue weighted by atomic mass is 16.2. The van der Waals surface area contributed by atoms with E-state index in [0.717, 1.165) is 52.4 Å². The molecule has 1 aromatic carbocycles. The van der Waals surface area contributed by atoms with Gasteiger partial charge < -0.3 is 10.2 Å². The molecule has 1 aromatic heterocycles. The lowest BCUT2D eigenvalue weighted by Gasteiger charge is -2.50. The lowest BCUT2D eigenvalue weighted by molar-refractivity contribution is -0.138. The van der Waals surface area contributed by atoms with E-state index in [9.17, 15) is 4.79 Å². The molecule has 1 aliphatic carbocycles. The van der Waals surface area contributed by atoms with E-state index in [4.69, 9.17) is 0 Å². The lowest BCUT2D eigenvalue weighted by Crippen LogP contribution is -2.62. The van der Waals surface area contributed by atoms with E-state index in [2.05, 4.69) is 76.2 Å². The van der Waals surface area contributed by atoms with Crippen molar-refractivity contribution >= 4 is 5.91 Å². The molecule has 208 valence electrons. The Morgan fingerprint density at radius 3 is 2.39 bits per heavy atom. The minimum atomic E-state index is 0.0550. The number of amides is 1. The zero-order valence-electron chi connectivity index (χ0n) is 24.0. The van der Waals surface area contributed by atoms with E-state index in [1.807, 2.05) is 17.9 Å². The average molecular weight is 521 g/mol. The van der Waals surface area contributed by atoms with Gasteiger partial charge in [-0.15, -0.1) is 0 Å². The van der Waals surface area contributed by atoms with Crippen LogP contribution in [0, 0.1) is 12.8 Å². The Morgan fingerprint density at radius 1 is 1.05 bits per heavy atom. The molecule has 0 bridgehead atoms. The van der Waals surface area contributed by atoms with E-state index >= 15 is 0 Å². The number of carbonyl (C=O) groups is 1. The maximum Gasteiger partial charge on any atom is 0.227 e. The molecule has 0 radical (unpaired) electrons. The normalized spacial score (nSPS) is 24.8. The van der Waals surface area contributed by atoms with Gasteiger partial charge in [0.15, 0.2) is 0 Å². The Morgan fingerprint density at radius 2 is 1.76 bits per heavy atom. The zero-order chi connectivity index (χ0) is 26.7. The number of carbonyl (C=O) groups excluding carboxylic acids is 1. The van der Waals surface area contributed by atoms with Gasteiger partial charge >= 0.3 is 0 Å². The molecule has 2 saturated heterocycles. The first kappa shape index (κ1) is 27.4. The van der Waals surface area contributed by atoms with Crippen molar-refractivity contribution in [1.82, 2.24) is 29.8 Å². The number of nitrogens with one attached hydrogen (secondary N) is 1. The number of rotatable bonds is 8. The highest BCUT2D eigenvalue weighted by molar-refractivity contribution is 5.81. The van der Waals surface area contributed by atoms with E-state index in [1.165, 1.54) is 48.9 Å². The standard InChI is InChI=1S/C31H48N6O/c1-24(2)36-21-28(26-11-7-5-8-12-26)29(22-36)30(38)35-15-17-37(18-16-35)31(13-9-6-10-14-31)23-32-19-27-20-33-34(4)25(27)3/h5,7-8,11-12,20,24,28-29,32H,6,9-10,13-19,21-23H2,1-4H3/t28-,29+/m1/s1. The zero-order valence-corrected chi connectivity index (χ0v) is 24.0. The van der Waals surface area contributed by atoms with Crippen LogP contribution in [0.2, 0.25) is 0 Å². The van der Waals surface area contributed by atoms with Crippen molar-refractivity contribution in [1.29, 1.82) is 0 Å². The van der Waals surface area contributed by atoms with E-state index in [-0.39, 0.29) is 17.4 Å². The van der Waals surface area contributed by atoms with Crippen LogP contribution in [0.5, 0.6) is 0 Å². The number of benzene rings is 1. The second-order valence-electron chi connectivity index (χ2n) is 12.3. The molecule has 2 atom stereocenters. The van der Waals surface area contributed by atoms with Gasteiger partial charge in [-0.1, -0.05) is 49.6 Å². The SMILES string of the molecule is Cc1c(CNCC2(N3CCN(C(=O)[C@H]4CN(C(C)C)C[C@@H]4c4ccccc4)CC3)CCCCC2)cnn1C. The fraction of sp³-hybridized carbons (Fsp3) is 0.677. The predicted octanol–water partition coefficient (Wildman–Crippen LogP) is 3.79. The van der Waals surface area contributed by atoms with E-state index in [0.29, 0.717) is 11.9 Å². The fourth-order valence-electron chi connectivity index (χ4n) is 7.14. The van der Waals surface area contributed by atoms with Crippen molar-refractivity contribution in [2.24, 2.45) is 13.0 Å². The second kappa shape index (κ2) is 11.9.